The normalized spacial score (nSPS) is 40.4. The molecule has 0 radical (unpaired) electrons. The van der Waals surface area contributed by atoms with Crippen LogP contribution in [0.3, 0.4) is 0 Å². The van der Waals surface area contributed by atoms with Gasteiger partial charge in [-0.1, -0.05) is 0 Å². The Labute approximate surface area is 93.3 Å². The third-order valence-electron chi connectivity index (χ3n) is 2.31. The molecule has 3 N–H and O–H groups in total. The number of alkyl halides is 2. The SMILES string of the molecule is CO[C@H](CO)[C@@H]1O[C@@H]([I-]C)C(O)C1O. The van der Waals surface area contributed by atoms with Crippen LogP contribution in [0, 0.1) is 0 Å². The van der Waals surface area contributed by atoms with Crippen molar-refractivity contribution in [3.8, 4) is 0 Å². The van der Waals surface area contributed by atoms with Gasteiger partial charge in [-0.05, 0) is 0 Å². The standard InChI is InChI=1S/C8H16IO5/c1-9-8-6(12)5(11)7(14-8)4(3-10)13-2/h4-8,10-12H,3H2,1-2H3/q-1/t4-,5?,6?,7+,8-/m1/s1. The fourth-order valence-corrected chi connectivity index (χ4v) is 3.26. The molecule has 1 aliphatic heterocycles. The first-order valence-electron chi connectivity index (χ1n) is 4.29. The van der Waals surface area contributed by atoms with Crippen LogP contribution in [0.15, 0.2) is 0 Å². The van der Waals surface area contributed by atoms with Gasteiger partial charge >= 0.3 is 93.2 Å². The van der Waals surface area contributed by atoms with Gasteiger partial charge < -0.3 is 0 Å². The van der Waals surface area contributed by atoms with Crippen LogP contribution in [-0.2, 0) is 9.47 Å². The van der Waals surface area contributed by atoms with E-state index in [1.54, 1.807) is 0 Å². The molecule has 0 aliphatic carbocycles. The number of hydrogen-bond donors (Lipinski definition) is 3. The zero-order chi connectivity index (χ0) is 10.7. The summed E-state index contributed by atoms with van der Waals surface area (Å²) in [5.41, 5.74) is 0. The maximum atomic E-state index is 9.64. The van der Waals surface area contributed by atoms with Crippen LogP contribution >= 0.6 is 0 Å². The summed E-state index contributed by atoms with van der Waals surface area (Å²) in [5, 5.41) is 28.2. The van der Waals surface area contributed by atoms with Crippen molar-refractivity contribution in [2.45, 2.75) is 28.5 Å². The molecule has 0 aromatic rings. The summed E-state index contributed by atoms with van der Waals surface area (Å²) in [5.74, 6) is 0. The van der Waals surface area contributed by atoms with Crippen molar-refractivity contribution in [2.75, 3.05) is 18.6 Å². The average Bonchev–Trinajstić information content (AvgIpc) is 2.48. The van der Waals surface area contributed by atoms with Crippen molar-refractivity contribution < 1.29 is 46.0 Å². The second kappa shape index (κ2) is 5.57. The number of methoxy groups -OCH3 is 1. The van der Waals surface area contributed by atoms with Crippen molar-refractivity contribution >= 4 is 0 Å². The maximum absolute atomic E-state index is 9.64. The molecule has 1 saturated heterocycles. The van der Waals surface area contributed by atoms with Gasteiger partial charge in [0.15, 0.2) is 0 Å². The van der Waals surface area contributed by atoms with E-state index in [1.807, 2.05) is 4.93 Å². The number of aliphatic hydroxyl groups is 3. The number of aliphatic hydroxyl groups excluding tert-OH is 3. The van der Waals surface area contributed by atoms with Crippen molar-refractivity contribution in [3.05, 3.63) is 0 Å². The van der Waals surface area contributed by atoms with E-state index in [1.165, 1.54) is 7.11 Å². The summed E-state index contributed by atoms with van der Waals surface area (Å²) in [6.07, 6.45) is -3.00. The third-order valence-corrected chi connectivity index (χ3v) is 4.56. The molecule has 5 nitrogen and oxygen atoms in total. The average molecular weight is 319 g/mol. The van der Waals surface area contributed by atoms with Gasteiger partial charge in [-0.15, -0.1) is 0 Å². The Kier molecular flexibility index (Phi) is 5.01. The fourth-order valence-electron chi connectivity index (χ4n) is 1.46. The summed E-state index contributed by atoms with van der Waals surface area (Å²) in [7, 11) is 1.44. The number of ether oxygens (including phenoxy) is 2. The van der Waals surface area contributed by atoms with Crippen LogP contribution in [0.4, 0.5) is 0 Å². The van der Waals surface area contributed by atoms with E-state index < -0.39 is 24.4 Å². The van der Waals surface area contributed by atoms with Crippen molar-refractivity contribution in [1.82, 2.24) is 0 Å². The summed E-state index contributed by atoms with van der Waals surface area (Å²) < 4.78 is 10.1. The second-order valence-electron chi connectivity index (χ2n) is 3.11. The number of halogens is 1. The molecule has 6 heteroatoms. The Hall–Kier alpha value is 0.530. The molecular formula is C8H16IO5-. The van der Waals surface area contributed by atoms with E-state index in [0.717, 1.165) is 0 Å². The quantitative estimate of drug-likeness (QED) is 0.358. The van der Waals surface area contributed by atoms with Crippen molar-refractivity contribution in [2.24, 2.45) is 0 Å². The topological polar surface area (TPSA) is 79.2 Å². The van der Waals surface area contributed by atoms with Gasteiger partial charge in [0.05, 0.1) is 0 Å². The van der Waals surface area contributed by atoms with Crippen molar-refractivity contribution in [3.63, 3.8) is 0 Å². The van der Waals surface area contributed by atoms with E-state index >= 15 is 0 Å². The molecule has 86 valence electrons. The summed E-state index contributed by atoms with van der Waals surface area (Å²) in [6.45, 7) is -0.223. The number of hydrogen-bond acceptors (Lipinski definition) is 5. The van der Waals surface area contributed by atoms with E-state index in [0.29, 0.717) is 0 Å². The predicted octanol–water partition coefficient (Wildman–Crippen LogP) is -4.84. The van der Waals surface area contributed by atoms with E-state index in [-0.39, 0.29) is 31.9 Å². The molecule has 1 fully saturated rings. The fraction of sp³-hybridized carbons (Fsp3) is 1.00. The van der Waals surface area contributed by atoms with Gasteiger partial charge in [-0.2, -0.15) is 0 Å². The van der Waals surface area contributed by atoms with Gasteiger partial charge in [0.2, 0.25) is 0 Å². The van der Waals surface area contributed by atoms with Crippen molar-refractivity contribution in [1.29, 1.82) is 0 Å². The molecule has 14 heavy (non-hydrogen) atoms. The van der Waals surface area contributed by atoms with Crippen LogP contribution < -0.4 is 21.2 Å². The molecule has 0 amide bonds. The van der Waals surface area contributed by atoms with E-state index in [2.05, 4.69) is 0 Å². The molecule has 2 unspecified atom stereocenters. The minimum atomic E-state index is -0.961. The molecule has 1 aliphatic rings. The van der Waals surface area contributed by atoms with Crippen LogP contribution in [0.2, 0.25) is 0 Å². The van der Waals surface area contributed by atoms with Gasteiger partial charge in [0.25, 0.3) is 0 Å². The van der Waals surface area contributed by atoms with Crippen LogP contribution in [0.1, 0.15) is 0 Å². The Balaban J connectivity index is 2.63. The molecular weight excluding hydrogens is 303 g/mol. The predicted molar refractivity (Wildman–Crippen MR) is 44.5 cm³/mol. The zero-order valence-corrected chi connectivity index (χ0v) is 10.3. The zero-order valence-electron chi connectivity index (χ0n) is 8.13. The molecule has 5 atom stereocenters. The molecule has 0 aromatic carbocycles. The van der Waals surface area contributed by atoms with Crippen LogP contribution in [0.25, 0.3) is 0 Å². The Morgan fingerprint density at radius 2 is 2.07 bits per heavy atom. The third kappa shape index (κ3) is 2.37. The van der Waals surface area contributed by atoms with Crippen LogP contribution in [0.5, 0.6) is 0 Å². The minimum absolute atomic E-state index is 0.223. The Morgan fingerprint density at radius 1 is 1.43 bits per heavy atom. The number of rotatable bonds is 4. The summed E-state index contributed by atoms with van der Waals surface area (Å²) >= 11 is -0.296. The van der Waals surface area contributed by atoms with E-state index in [4.69, 9.17) is 14.6 Å². The van der Waals surface area contributed by atoms with Gasteiger partial charge in [0, 0.05) is 0 Å². The first kappa shape index (κ1) is 12.6. The molecule has 1 heterocycles. The van der Waals surface area contributed by atoms with Gasteiger partial charge in [-0.3, -0.25) is 0 Å². The molecule has 0 spiro atoms. The molecule has 0 aromatic heterocycles. The summed E-state index contributed by atoms with van der Waals surface area (Å²) in [6, 6.07) is 0. The first-order valence-corrected chi connectivity index (χ1v) is 7.69. The van der Waals surface area contributed by atoms with Crippen LogP contribution in [-0.4, -0.2) is 62.5 Å². The Morgan fingerprint density at radius 3 is 2.43 bits per heavy atom. The monoisotopic (exact) mass is 319 g/mol. The van der Waals surface area contributed by atoms with Gasteiger partial charge in [0.1, 0.15) is 0 Å². The molecule has 0 saturated carbocycles. The van der Waals surface area contributed by atoms with E-state index in [9.17, 15) is 10.2 Å². The molecule has 0 bridgehead atoms. The Bertz CT molecular complexity index is 175. The molecule has 1 rings (SSSR count). The first-order chi connectivity index (χ1) is 6.65. The second-order valence-corrected chi connectivity index (χ2v) is 5.58. The summed E-state index contributed by atoms with van der Waals surface area (Å²) in [4.78, 5) is 1.97. The van der Waals surface area contributed by atoms with Gasteiger partial charge in [-0.25, -0.2) is 0 Å².